The molecule has 0 fully saturated rings. The Labute approximate surface area is 125 Å². The summed E-state index contributed by atoms with van der Waals surface area (Å²) in [6.07, 6.45) is -0.150. The molecule has 0 amide bonds. The standard InChI is InChI=1S/C16H13NO3S/c1-10-4-2-5-11(8-10)16-17-12(9-14(18)19)15(20-16)13-6-3-7-21-13/h2-8H,9H2,1H3,(H,18,19). The van der Waals surface area contributed by atoms with Crippen LogP contribution in [0.25, 0.3) is 22.1 Å². The van der Waals surface area contributed by atoms with Gasteiger partial charge in [-0.2, -0.15) is 0 Å². The molecule has 5 heteroatoms. The first-order valence-corrected chi connectivity index (χ1v) is 7.34. The second kappa shape index (κ2) is 5.54. The molecule has 0 saturated carbocycles. The van der Waals surface area contributed by atoms with Crippen LogP contribution >= 0.6 is 11.3 Å². The van der Waals surface area contributed by atoms with E-state index in [9.17, 15) is 4.79 Å². The van der Waals surface area contributed by atoms with Gasteiger partial charge in [0.15, 0.2) is 5.76 Å². The first kappa shape index (κ1) is 13.6. The number of aryl methyl sites for hydroxylation is 1. The number of carboxylic acid groups (broad SMARTS) is 1. The van der Waals surface area contributed by atoms with Gasteiger partial charge < -0.3 is 9.52 Å². The van der Waals surface area contributed by atoms with Gasteiger partial charge in [0.1, 0.15) is 0 Å². The zero-order chi connectivity index (χ0) is 14.8. The summed E-state index contributed by atoms with van der Waals surface area (Å²) in [6.45, 7) is 1.99. The Kier molecular flexibility index (Phi) is 3.58. The number of rotatable bonds is 4. The van der Waals surface area contributed by atoms with Crippen LogP contribution in [0, 0.1) is 6.92 Å². The Morgan fingerprint density at radius 1 is 1.33 bits per heavy atom. The highest BCUT2D eigenvalue weighted by Gasteiger charge is 2.19. The number of aromatic nitrogens is 1. The summed E-state index contributed by atoms with van der Waals surface area (Å²) in [5.41, 5.74) is 2.41. The molecule has 4 nitrogen and oxygen atoms in total. The molecule has 3 aromatic rings. The summed E-state index contributed by atoms with van der Waals surface area (Å²) in [7, 11) is 0. The molecular formula is C16H13NO3S. The summed E-state index contributed by atoms with van der Waals surface area (Å²) in [5.74, 6) is 0.0826. The molecule has 0 saturated heterocycles. The van der Waals surface area contributed by atoms with Gasteiger partial charge in [-0.3, -0.25) is 4.79 Å². The number of oxazole rings is 1. The van der Waals surface area contributed by atoms with Crippen molar-refractivity contribution in [2.24, 2.45) is 0 Å². The van der Waals surface area contributed by atoms with Crippen LogP contribution in [0.3, 0.4) is 0 Å². The highest BCUT2D eigenvalue weighted by atomic mass is 32.1. The molecule has 0 aliphatic heterocycles. The highest BCUT2D eigenvalue weighted by molar-refractivity contribution is 7.13. The molecule has 3 rings (SSSR count). The van der Waals surface area contributed by atoms with Gasteiger partial charge in [0.2, 0.25) is 5.89 Å². The summed E-state index contributed by atoms with van der Waals surface area (Å²) >= 11 is 1.50. The molecule has 0 atom stereocenters. The Balaban J connectivity index is 2.09. The maximum atomic E-state index is 11.0. The van der Waals surface area contributed by atoms with E-state index in [2.05, 4.69) is 4.98 Å². The topological polar surface area (TPSA) is 63.3 Å². The lowest BCUT2D eigenvalue weighted by atomic mass is 10.1. The van der Waals surface area contributed by atoms with Crippen LogP contribution in [-0.2, 0) is 11.2 Å². The van der Waals surface area contributed by atoms with Gasteiger partial charge in [0, 0.05) is 5.56 Å². The van der Waals surface area contributed by atoms with Gasteiger partial charge in [0.05, 0.1) is 17.0 Å². The third-order valence-corrected chi connectivity index (χ3v) is 3.89. The minimum absolute atomic E-state index is 0.150. The first-order chi connectivity index (χ1) is 10.1. The van der Waals surface area contributed by atoms with Gasteiger partial charge in [-0.1, -0.05) is 23.8 Å². The quantitative estimate of drug-likeness (QED) is 0.790. The van der Waals surface area contributed by atoms with E-state index in [4.69, 9.17) is 9.52 Å². The van der Waals surface area contributed by atoms with Crippen LogP contribution in [0.5, 0.6) is 0 Å². The normalized spacial score (nSPS) is 10.7. The van der Waals surface area contributed by atoms with Crippen molar-refractivity contribution in [3.63, 3.8) is 0 Å². The van der Waals surface area contributed by atoms with Crippen molar-refractivity contribution < 1.29 is 14.3 Å². The predicted molar refractivity (Wildman–Crippen MR) is 81.3 cm³/mol. The van der Waals surface area contributed by atoms with E-state index in [1.165, 1.54) is 11.3 Å². The third-order valence-electron chi connectivity index (χ3n) is 3.03. The van der Waals surface area contributed by atoms with Crippen LogP contribution in [0.4, 0.5) is 0 Å². The number of hydrogen-bond acceptors (Lipinski definition) is 4. The van der Waals surface area contributed by atoms with Crippen molar-refractivity contribution in [2.45, 2.75) is 13.3 Å². The lowest BCUT2D eigenvalue weighted by molar-refractivity contribution is -0.136. The van der Waals surface area contributed by atoms with Crippen molar-refractivity contribution >= 4 is 17.3 Å². The average Bonchev–Trinajstić information content (AvgIpc) is 3.06. The van der Waals surface area contributed by atoms with Gasteiger partial charge in [-0.15, -0.1) is 11.3 Å². The van der Waals surface area contributed by atoms with Gasteiger partial charge in [-0.05, 0) is 30.5 Å². The fraction of sp³-hybridized carbons (Fsp3) is 0.125. The molecule has 1 N–H and O–H groups in total. The van der Waals surface area contributed by atoms with Crippen molar-refractivity contribution in [3.8, 4) is 22.1 Å². The van der Waals surface area contributed by atoms with Gasteiger partial charge in [0.25, 0.3) is 0 Å². The van der Waals surface area contributed by atoms with Crippen molar-refractivity contribution in [3.05, 3.63) is 53.0 Å². The molecule has 2 heterocycles. The first-order valence-electron chi connectivity index (χ1n) is 6.46. The Hall–Kier alpha value is -2.40. The molecule has 1 aromatic carbocycles. The lowest BCUT2D eigenvalue weighted by Gasteiger charge is -1.96. The summed E-state index contributed by atoms with van der Waals surface area (Å²) < 4.78 is 5.84. The monoisotopic (exact) mass is 299 g/mol. The van der Waals surface area contributed by atoms with Gasteiger partial charge >= 0.3 is 5.97 Å². The van der Waals surface area contributed by atoms with Crippen molar-refractivity contribution in [1.29, 1.82) is 0 Å². The summed E-state index contributed by atoms with van der Waals surface area (Å²) in [6, 6.07) is 11.6. The fourth-order valence-corrected chi connectivity index (χ4v) is 2.84. The van der Waals surface area contributed by atoms with E-state index in [1.54, 1.807) is 0 Å². The van der Waals surface area contributed by atoms with Crippen LogP contribution < -0.4 is 0 Å². The SMILES string of the molecule is Cc1cccc(-c2nc(CC(=O)O)c(-c3cccs3)o2)c1. The Morgan fingerprint density at radius 2 is 2.19 bits per heavy atom. The van der Waals surface area contributed by atoms with Crippen LogP contribution in [-0.4, -0.2) is 16.1 Å². The van der Waals surface area contributed by atoms with Crippen molar-refractivity contribution in [2.75, 3.05) is 0 Å². The maximum absolute atomic E-state index is 11.0. The van der Waals surface area contributed by atoms with E-state index in [0.29, 0.717) is 17.3 Å². The predicted octanol–water partition coefficient (Wildman–Crippen LogP) is 4.01. The number of nitrogens with zero attached hydrogens (tertiary/aromatic N) is 1. The summed E-state index contributed by atoms with van der Waals surface area (Å²) in [5, 5.41) is 11.0. The molecular weight excluding hydrogens is 286 g/mol. The second-order valence-electron chi connectivity index (χ2n) is 4.71. The number of benzene rings is 1. The van der Waals surface area contributed by atoms with E-state index in [0.717, 1.165) is 16.0 Å². The highest BCUT2D eigenvalue weighted by Crippen LogP contribution is 2.33. The molecule has 0 radical (unpaired) electrons. The number of hydrogen-bond donors (Lipinski definition) is 1. The number of aliphatic carboxylic acids is 1. The molecule has 21 heavy (non-hydrogen) atoms. The number of thiophene rings is 1. The van der Waals surface area contributed by atoms with E-state index >= 15 is 0 Å². The maximum Gasteiger partial charge on any atom is 0.309 e. The molecule has 106 valence electrons. The lowest BCUT2D eigenvalue weighted by Crippen LogP contribution is -2.01. The average molecular weight is 299 g/mol. The van der Waals surface area contributed by atoms with E-state index < -0.39 is 5.97 Å². The van der Waals surface area contributed by atoms with Crippen LogP contribution in [0.2, 0.25) is 0 Å². The zero-order valence-electron chi connectivity index (χ0n) is 11.4. The zero-order valence-corrected chi connectivity index (χ0v) is 12.2. The molecule has 2 aromatic heterocycles. The van der Waals surface area contributed by atoms with Crippen LogP contribution in [0.1, 0.15) is 11.3 Å². The third kappa shape index (κ3) is 2.87. The largest absolute Gasteiger partial charge is 0.481 e. The second-order valence-corrected chi connectivity index (χ2v) is 5.66. The molecule has 0 unspecified atom stereocenters. The van der Waals surface area contributed by atoms with E-state index in [-0.39, 0.29) is 6.42 Å². The molecule has 0 bridgehead atoms. The molecule has 0 aliphatic carbocycles. The van der Waals surface area contributed by atoms with Crippen LogP contribution in [0.15, 0.2) is 46.2 Å². The minimum atomic E-state index is -0.920. The Bertz CT molecular complexity index is 775. The van der Waals surface area contributed by atoms with Crippen molar-refractivity contribution in [1.82, 2.24) is 4.98 Å². The Morgan fingerprint density at radius 3 is 2.86 bits per heavy atom. The fourth-order valence-electron chi connectivity index (χ4n) is 2.12. The molecule has 0 aliphatic rings. The minimum Gasteiger partial charge on any atom is -0.481 e. The smallest absolute Gasteiger partial charge is 0.309 e. The van der Waals surface area contributed by atoms with Gasteiger partial charge in [-0.25, -0.2) is 4.98 Å². The van der Waals surface area contributed by atoms with E-state index in [1.807, 2.05) is 48.7 Å². The molecule has 0 spiro atoms. The number of carbonyl (C=O) groups is 1. The summed E-state index contributed by atoms with van der Waals surface area (Å²) in [4.78, 5) is 16.3. The number of carboxylic acids is 1.